The van der Waals surface area contributed by atoms with Crippen LogP contribution < -0.4 is 10.6 Å². The van der Waals surface area contributed by atoms with E-state index in [0.29, 0.717) is 27.3 Å². The summed E-state index contributed by atoms with van der Waals surface area (Å²) in [6.45, 7) is 3.61. The van der Waals surface area contributed by atoms with Gasteiger partial charge in [-0.1, -0.05) is 22.9 Å². The molecule has 0 saturated heterocycles. The van der Waals surface area contributed by atoms with E-state index in [1.54, 1.807) is 37.3 Å². The van der Waals surface area contributed by atoms with E-state index in [0.717, 1.165) is 0 Å². The zero-order chi connectivity index (χ0) is 14.8. The van der Waals surface area contributed by atoms with E-state index >= 15 is 0 Å². The maximum absolute atomic E-state index is 13.9. The molecule has 6 heteroatoms. The molecule has 2 aromatic rings. The Morgan fingerprint density at radius 3 is 2.75 bits per heavy atom. The molecule has 106 valence electrons. The second-order valence-corrected chi connectivity index (χ2v) is 8.79. The fraction of sp³-hybridized carbons (Fsp3) is 0.214. The first-order chi connectivity index (χ1) is 9.44. The van der Waals surface area contributed by atoms with Crippen molar-refractivity contribution < 1.29 is 8.96 Å². The van der Waals surface area contributed by atoms with Crippen LogP contribution in [0.4, 0.5) is 15.8 Å². The summed E-state index contributed by atoms with van der Waals surface area (Å²) in [5, 5.41) is 3.67. The molecule has 1 atom stereocenters. The van der Waals surface area contributed by atoms with Crippen molar-refractivity contribution in [2.75, 3.05) is 18.1 Å². The number of anilines is 2. The molecule has 0 aliphatic heterocycles. The molecule has 1 aromatic carbocycles. The molecule has 1 aromatic heterocycles. The van der Waals surface area contributed by atoms with Gasteiger partial charge in [0.1, 0.15) is 13.0 Å². The van der Waals surface area contributed by atoms with E-state index in [1.807, 2.05) is 6.92 Å². The van der Waals surface area contributed by atoms with Gasteiger partial charge in [-0.3, -0.25) is 4.98 Å². The van der Waals surface area contributed by atoms with Gasteiger partial charge in [0.25, 0.3) is 0 Å². The quantitative estimate of drug-likeness (QED) is 0.827. The van der Waals surface area contributed by atoms with Crippen LogP contribution in [-0.4, -0.2) is 17.8 Å². The highest BCUT2D eigenvalue weighted by Crippen LogP contribution is 2.42. The lowest BCUT2D eigenvalue weighted by Crippen LogP contribution is -2.12. The number of benzene rings is 1. The highest BCUT2D eigenvalue weighted by Gasteiger charge is 2.20. The molecular formula is C14H15BrFN2OP. The van der Waals surface area contributed by atoms with Gasteiger partial charge in [0.05, 0.1) is 17.6 Å². The van der Waals surface area contributed by atoms with Crippen molar-refractivity contribution in [3.63, 3.8) is 0 Å². The van der Waals surface area contributed by atoms with Crippen LogP contribution in [0.5, 0.6) is 0 Å². The number of halogens is 2. The van der Waals surface area contributed by atoms with E-state index in [2.05, 4.69) is 26.2 Å². The van der Waals surface area contributed by atoms with Gasteiger partial charge < -0.3 is 9.88 Å². The van der Waals surface area contributed by atoms with Gasteiger partial charge in [0.2, 0.25) is 0 Å². The zero-order valence-electron chi connectivity index (χ0n) is 11.2. The van der Waals surface area contributed by atoms with E-state index in [9.17, 15) is 8.96 Å². The topological polar surface area (TPSA) is 42.0 Å². The van der Waals surface area contributed by atoms with E-state index in [4.69, 9.17) is 0 Å². The number of nitrogens with zero attached hydrogens (tertiary/aromatic N) is 1. The third-order valence-electron chi connectivity index (χ3n) is 3.11. The number of rotatable bonds is 4. The van der Waals surface area contributed by atoms with Gasteiger partial charge in [0, 0.05) is 22.1 Å². The Labute approximate surface area is 126 Å². The van der Waals surface area contributed by atoms with E-state index < -0.39 is 7.14 Å². The van der Waals surface area contributed by atoms with Crippen molar-refractivity contribution in [2.45, 2.75) is 6.92 Å². The summed E-state index contributed by atoms with van der Waals surface area (Å²) in [7, 11) is -2.46. The molecule has 0 aliphatic rings. The molecule has 0 unspecified atom stereocenters. The average Bonchev–Trinajstić information content (AvgIpc) is 2.42. The van der Waals surface area contributed by atoms with E-state index in [-0.39, 0.29) is 5.82 Å². The lowest BCUT2D eigenvalue weighted by Gasteiger charge is -2.17. The summed E-state index contributed by atoms with van der Waals surface area (Å²) in [5.74, 6) is -0.378. The van der Waals surface area contributed by atoms with Gasteiger partial charge >= 0.3 is 0 Å². The second-order valence-electron chi connectivity index (χ2n) is 4.56. The Kier molecular flexibility index (Phi) is 4.61. The maximum atomic E-state index is 13.9. The lowest BCUT2D eigenvalue weighted by atomic mass is 10.3. The van der Waals surface area contributed by atoms with Crippen LogP contribution in [0.3, 0.4) is 0 Å². The third-order valence-corrected chi connectivity index (χ3v) is 6.22. The molecule has 0 fully saturated rings. The van der Waals surface area contributed by atoms with Crippen molar-refractivity contribution in [3.05, 3.63) is 46.9 Å². The molecule has 0 amide bonds. The van der Waals surface area contributed by atoms with Crippen LogP contribution in [0.1, 0.15) is 6.92 Å². The zero-order valence-corrected chi connectivity index (χ0v) is 13.7. The number of hydrogen-bond donors (Lipinski definition) is 1. The molecule has 2 rings (SSSR count). The van der Waals surface area contributed by atoms with Crippen molar-refractivity contribution in [2.24, 2.45) is 0 Å². The van der Waals surface area contributed by atoms with Gasteiger partial charge in [0.15, 0.2) is 0 Å². The van der Waals surface area contributed by atoms with Crippen LogP contribution in [0, 0.1) is 5.82 Å². The van der Waals surface area contributed by atoms with Gasteiger partial charge in [-0.05, 0) is 30.9 Å². The van der Waals surface area contributed by atoms with Crippen LogP contribution >= 0.6 is 23.1 Å². The van der Waals surface area contributed by atoms with Crippen molar-refractivity contribution in [1.29, 1.82) is 0 Å². The number of pyridine rings is 1. The summed E-state index contributed by atoms with van der Waals surface area (Å²) in [5.41, 5.74) is 0.917. The van der Waals surface area contributed by atoms with Crippen molar-refractivity contribution in [1.82, 2.24) is 4.98 Å². The molecular weight excluding hydrogens is 342 g/mol. The summed E-state index contributed by atoms with van der Waals surface area (Å²) < 4.78 is 27.1. The normalized spacial score (nSPS) is 13.8. The predicted molar refractivity (Wildman–Crippen MR) is 85.3 cm³/mol. The van der Waals surface area contributed by atoms with Gasteiger partial charge in [-0.25, -0.2) is 4.39 Å². The first-order valence-corrected chi connectivity index (χ1v) is 9.30. The maximum Gasteiger partial charge on any atom is 0.147 e. The Hall–Kier alpha value is -1.19. The van der Waals surface area contributed by atoms with Gasteiger partial charge in [-0.15, -0.1) is 0 Å². The highest BCUT2D eigenvalue weighted by molar-refractivity contribution is 9.10. The van der Waals surface area contributed by atoms with Gasteiger partial charge in [-0.2, -0.15) is 0 Å². The first-order valence-electron chi connectivity index (χ1n) is 6.17. The molecule has 0 aliphatic carbocycles. The van der Waals surface area contributed by atoms with Crippen molar-refractivity contribution >= 4 is 39.8 Å². The largest absolute Gasteiger partial charge is 0.351 e. The summed E-state index contributed by atoms with van der Waals surface area (Å²) >= 11 is 3.21. The SMILES string of the molecule is CC[P@@](C)(=O)c1ccncc1Nc1ccc(Br)cc1F. The minimum atomic E-state index is -2.46. The lowest BCUT2D eigenvalue weighted by molar-refractivity contribution is 0.585. The van der Waals surface area contributed by atoms with E-state index in [1.165, 1.54) is 6.07 Å². The summed E-state index contributed by atoms with van der Waals surface area (Å²) in [6, 6.07) is 6.47. The highest BCUT2D eigenvalue weighted by atomic mass is 79.9. The molecule has 0 bridgehead atoms. The number of hydrogen-bond acceptors (Lipinski definition) is 3. The predicted octanol–water partition coefficient (Wildman–Crippen LogP) is 4.36. The molecule has 1 heterocycles. The second kappa shape index (κ2) is 6.06. The standard InChI is InChI=1S/C14H15BrFN2OP/c1-3-20(2,19)14-6-7-17-9-13(14)18-12-5-4-10(15)8-11(12)16/h4-9,18H,3H2,1-2H3/t20-/m1/s1. The fourth-order valence-corrected chi connectivity index (χ4v) is 3.48. The number of nitrogens with one attached hydrogen (secondary N) is 1. The third kappa shape index (κ3) is 3.28. The van der Waals surface area contributed by atoms with Crippen LogP contribution in [0.2, 0.25) is 0 Å². The summed E-state index contributed by atoms with van der Waals surface area (Å²) in [4.78, 5) is 4.02. The molecule has 20 heavy (non-hydrogen) atoms. The molecule has 3 nitrogen and oxygen atoms in total. The Morgan fingerprint density at radius 1 is 1.35 bits per heavy atom. The minimum absolute atomic E-state index is 0.332. The van der Waals surface area contributed by atoms with Crippen LogP contribution in [-0.2, 0) is 4.57 Å². The first kappa shape index (κ1) is 15.2. The Bertz CT molecular complexity index is 678. The minimum Gasteiger partial charge on any atom is -0.351 e. The van der Waals surface area contributed by atoms with Crippen molar-refractivity contribution in [3.8, 4) is 0 Å². The Balaban J connectivity index is 2.42. The smallest absolute Gasteiger partial charge is 0.147 e. The summed E-state index contributed by atoms with van der Waals surface area (Å²) in [6.07, 6.45) is 3.72. The average molecular weight is 357 g/mol. The molecule has 1 N–H and O–H groups in total. The molecule has 0 saturated carbocycles. The molecule has 0 spiro atoms. The Morgan fingerprint density at radius 2 is 2.10 bits per heavy atom. The molecule has 0 radical (unpaired) electrons. The fourth-order valence-electron chi connectivity index (χ4n) is 1.80. The number of aromatic nitrogens is 1. The van der Waals surface area contributed by atoms with Crippen LogP contribution in [0.25, 0.3) is 0 Å². The monoisotopic (exact) mass is 356 g/mol. The van der Waals surface area contributed by atoms with Crippen LogP contribution in [0.15, 0.2) is 41.1 Å².